The molecule has 0 saturated heterocycles. The highest BCUT2D eigenvalue weighted by Crippen LogP contribution is 2.38. The summed E-state index contributed by atoms with van der Waals surface area (Å²) in [4.78, 5) is 2.36. The minimum atomic E-state index is -0.194. The topological polar surface area (TPSA) is 38.5 Å². The Bertz CT molecular complexity index is 460. The minimum absolute atomic E-state index is 0.0195. The van der Waals surface area contributed by atoms with Crippen LogP contribution in [-0.2, 0) is 11.2 Å². The van der Waals surface area contributed by atoms with E-state index in [1.807, 2.05) is 13.0 Å². The number of hydrogen-bond donors (Lipinski definition) is 1. The molecule has 0 heterocycles. The van der Waals surface area contributed by atoms with E-state index in [0.29, 0.717) is 19.1 Å². The fraction of sp³-hybridized carbons (Fsp3) is 0.647. The molecule has 0 aliphatic heterocycles. The molecule has 0 bridgehead atoms. The highest BCUT2D eigenvalue weighted by atomic mass is 19.1. The van der Waals surface area contributed by atoms with Gasteiger partial charge in [0.1, 0.15) is 5.82 Å². The molecular weight excluding hydrogens is 267 g/mol. The van der Waals surface area contributed by atoms with Gasteiger partial charge in [0.15, 0.2) is 0 Å². The Morgan fingerprint density at radius 2 is 2.10 bits per heavy atom. The molecule has 1 aliphatic rings. The molecule has 0 aromatic heterocycles. The second kappa shape index (κ2) is 7.23. The Labute approximate surface area is 127 Å². The number of nitrogens with two attached hydrogens (primary N) is 1. The molecule has 1 aliphatic carbocycles. The van der Waals surface area contributed by atoms with Gasteiger partial charge in [0.05, 0.1) is 6.61 Å². The standard InChI is InChI=1S/C17H27FN2O/c1-12(19)10-15-11-16(18)6-7-17(15)20(8-9-21-3)13(2)14-4-5-14/h6-7,11-14H,4-5,8-10,19H2,1-3H3. The number of rotatable bonds is 8. The molecule has 1 aromatic rings. The molecule has 2 rings (SSSR count). The summed E-state index contributed by atoms with van der Waals surface area (Å²) in [6, 6.07) is 5.53. The zero-order valence-electron chi connectivity index (χ0n) is 13.3. The van der Waals surface area contributed by atoms with E-state index in [-0.39, 0.29) is 11.9 Å². The maximum atomic E-state index is 13.6. The molecule has 0 amide bonds. The van der Waals surface area contributed by atoms with Crippen LogP contribution in [0.4, 0.5) is 10.1 Å². The molecule has 1 saturated carbocycles. The highest BCUT2D eigenvalue weighted by Gasteiger charge is 2.32. The van der Waals surface area contributed by atoms with Crippen LogP contribution in [0.1, 0.15) is 32.3 Å². The van der Waals surface area contributed by atoms with Crippen LogP contribution in [0.15, 0.2) is 18.2 Å². The van der Waals surface area contributed by atoms with Crippen molar-refractivity contribution in [2.45, 2.75) is 45.2 Å². The summed E-state index contributed by atoms with van der Waals surface area (Å²) in [5.74, 6) is 0.551. The van der Waals surface area contributed by atoms with Gasteiger partial charge in [-0.1, -0.05) is 0 Å². The van der Waals surface area contributed by atoms with Crippen LogP contribution in [0.5, 0.6) is 0 Å². The molecule has 2 unspecified atom stereocenters. The second-order valence-electron chi connectivity index (χ2n) is 6.22. The fourth-order valence-electron chi connectivity index (χ4n) is 2.91. The lowest BCUT2D eigenvalue weighted by molar-refractivity contribution is 0.202. The van der Waals surface area contributed by atoms with Crippen LogP contribution in [0.2, 0.25) is 0 Å². The molecule has 21 heavy (non-hydrogen) atoms. The predicted octanol–water partition coefficient (Wildman–Crippen LogP) is 2.97. The van der Waals surface area contributed by atoms with Gasteiger partial charge < -0.3 is 15.4 Å². The van der Waals surface area contributed by atoms with E-state index in [1.165, 1.54) is 12.8 Å². The Balaban J connectivity index is 2.28. The van der Waals surface area contributed by atoms with E-state index in [1.54, 1.807) is 19.2 Å². The smallest absolute Gasteiger partial charge is 0.123 e. The van der Waals surface area contributed by atoms with E-state index in [4.69, 9.17) is 10.5 Å². The summed E-state index contributed by atoms with van der Waals surface area (Å²) in [6.45, 7) is 5.71. The average molecular weight is 294 g/mol. The normalized spacial score (nSPS) is 17.6. The molecule has 2 N–H and O–H groups in total. The predicted molar refractivity (Wildman–Crippen MR) is 85.2 cm³/mol. The third kappa shape index (κ3) is 4.42. The van der Waals surface area contributed by atoms with Gasteiger partial charge in [-0.05, 0) is 62.8 Å². The molecule has 0 radical (unpaired) electrons. The summed E-state index contributed by atoms with van der Waals surface area (Å²) < 4.78 is 18.8. The van der Waals surface area contributed by atoms with Crippen molar-refractivity contribution in [1.82, 2.24) is 0 Å². The number of halogens is 1. The Morgan fingerprint density at radius 1 is 1.38 bits per heavy atom. The first-order valence-corrected chi connectivity index (χ1v) is 7.82. The van der Waals surface area contributed by atoms with Crippen molar-refractivity contribution in [2.24, 2.45) is 11.7 Å². The van der Waals surface area contributed by atoms with Gasteiger partial charge in [-0.3, -0.25) is 0 Å². The molecule has 2 atom stereocenters. The highest BCUT2D eigenvalue weighted by molar-refractivity contribution is 5.55. The zero-order chi connectivity index (χ0) is 15.4. The number of hydrogen-bond acceptors (Lipinski definition) is 3. The van der Waals surface area contributed by atoms with Gasteiger partial charge in [0.25, 0.3) is 0 Å². The Kier molecular flexibility index (Phi) is 5.59. The third-order valence-electron chi connectivity index (χ3n) is 4.23. The molecule has 1 fully saturated rings. The monoisotopic (exact) mass is 294 g/mol. The molecular formula is C17H27FN2O. The van der Waals surface area contributed by atoms with Gasteiger partial charge in [-0.25, -0.2) is 4.39 Å². The van der Waals surface area contributed by atoms with Crippen LogP contribution in [-0.4, -0.2) is 32.3 Å². The molecule has 1 aromatic carbocycles. The first-order chi connectivity index (χ1) is 10.0. The quantitative estimate of drug-likeness (QED) is 0.801. The number of ether oxygens (including phenoxy) is 1. The lowest BCUT2D eigenvalue weighted by Gasteiger charge is -2.33. The Morgan fingerprint density at radius 3 is 2.67 bits per heavy atom. The summed E-state index contributed by atoms with van der Waals surface area (Å²) in [5, 5.41) is 0. The SMILES string of the molecule is COCCN(c1ccc(F)cc1CC(C)N)C(C)C1CC1. The van der Waals surface area contributed by atoms with Crippen molar-refractivity contribution in [3.63, 3.8) is 0 Å². The van der Waals surface area contributed by atoms with Crippen LogP contribution in [0.3, 0.4) is 0 Å². The summed E-state index contributed by atoms with van der Waals surface area (Å²) >= 11 is 0. The lowest BCUT2D eigenvalue weighted by atomic mass is 10.0. The van der Waals surface area contributed by atoms with Crippen LogP contribution in [0.25, 0.3) is 0 Å². The third-order valence-corrected chi connectivity index (χ3v) is 4.23. The van der Waals surface area contributed by atoms with Gasteiger partial charge in [-0.2, -0.15) is 0 Å². The number of nitrogens with zero attached hydrogens (tertiary/aromatic N) is 1. The number of methoxy groups -OCH3 is 1. The first kappa shape index (κ1) is 16.2. The minimum Gasteiger partial charge on any atom is -0.383 e. The van der Waals surface area contributed by atoms with E-state index >= 15 is 0 Å². The van der Waals surface area contributed by atoms with Gasteiger partial charge >= 0.3 is 0 Å². The summed E-state index contributed by atoms with van der Waals surface area (Å²) in [6.07, 6.45) is 3.26. The van der Waals surface area contributed by atoms with Gasteiger partial charge in [-0.15, -0.1) is 0 Å². The van der Waals surface area contributed by atoms with Crippen molar-refractivity contribution < 1.29 is 9.13 Å². The zero-order valence-corrected chi connectivity index (χ0v) is 13.3. The van der Waals surface area contributed by atoms with E-state index < -0.39 is 0 Å². The van der Waals surface area contributed by atoms with Crippen molar-refractivity contribution in [2.75, 3.05) is 25.2 Å². The summed E-state index contributed by atoms with van der Waals surface area (Å²) in [5.41, 5.74) is 8.02. The maximum Gasteiger partial charge on any atom is 0.123 e. The van der Waals surface area contributed by atoms with E-state index in [2.05, 4.69) is 11.8 Å². The lowest BCUT2D eigenvalue weighted by Crippen LogP contribution is -2.38. The van der Waals surface area contributed by atoms with Crippen LogP contribution in [0, 0.1) is 11.7 Å². The second-order valence-corrected chi connectivity index (χ2v) is 6.22. The summed E-state index contributed by atoms with van der Waals surface area (Å²) in [7, 11) is 1.72. The maximum absolute atomic E-state index is 13.6. The fourth-order valence-corrected chi connectivity index (χ4v) is 2.91. The Hall–Kier alpha value is -1.13. The molecule has 3 nitrogen and oxygen atoms in total. The number of anilines is 1. The van der Waals surface area contributed by atoms with Crippen molar-refractivity contribution in [1.29, 1.82) is 0 Å². The van der Waals surface area contributed by atoms with Gasteiger partial charge in [0.2, 0.25) is 0 Å². The molecule has 0 spiro atoms. The van der Waals surface area contributed by atoms with E-state index in [9.17, 15) is 4.39 Å². The van der Waals surface area contributed by atoms with Crippen molar-refractivity contribution in [3.8, 4) is 0 Å². The first-order valence-electron chi connectivity index (χ1n) is 7.82. The largest absolute Gasteiger partial charge is 0.383 e. The van der Waals surface area contributed by atoms with Gasteiger partial charge in [0, 0.05) is 31.4 Å². The number of benzene rings is 1. The molecule has 4 heteroatoms. The van der Waals surface area contributed by atoms with Crippen LogP contribution < -0.4 is 10.6 Å². The molecule has 118 valence electrons. The van der Waals surface area contributed by atoms with E-state index in [0.717, 1.165) is 23.7 Å². The average Bonchev–Trinajstić information content (AvgIpc) is 3.24. The van der Waals surface area contributed by atoms with Crippen molar-refractivity contribution in [3.05, 3.63) is 29.6 Å². The van der Waals surface area contributed by atoms with Crippen molar-refractivity contribution >= 4 is 5.69 Å². The van der Waals surface area contributed by atoms with Crippen LogP contribution >= 0.6 is 0 Å².